The largest absolute Gasteiger partial charge is 0.477 e. The lowest BCUT2D eigenvalue weighted by atomic mass is 10.2. The molecule has 0 saturated heterocycles. The van der Waals surface area contributed by atoms with Crippen LogP contribution in [0.5, 0.6) is 5.75 Å². The third kappa shape index (κ3) is 4.26. The number of rotatable bonds is 6. The molecule has 124 valence electrons. The lowest BCUT2D eigenvalue weighted by molar-refractivity contribution is -0.385. The fraction of sp³-hybridized carbons (Fsp3) is 0.133. The Labute approximate surface area is 136 Å². The van der Waals surface area contributed by atoms with E-state index in [1.54, 1.807) is 13.0 Å². The molecule has 0 atom stereocenters. The topological polar surface area (TPSA) is 125 Å². The summed E-state index contributed by atoms with van der Waals surface area (Å²) in [7, 11) is 0. The summed E-state index contributed by atoms with van der Waals surface area (Å²) in [6.45, 7) is 1.23. The van der Waals surface area contributed by atoms with E-state index in [4.69, 9.17) is 4.74 Å². The van der Waals surface area contributed by atoms with Crippen LogP contribution in [0.2, 0.25) is 0 Å². The van der Waals surface area contributed by atoms with Gasteiger partial charge < -0.3 is 10.1 Å². The van der Waals surface area contributed by atoms with E-state index in [1.165, 1.54) is 36.4 Å². The maximum absolute atomic E-state index is 11.8. The molecule has 0 aliphatic rings. The molecule has 0 fully saturated rings. The number of amides is 1. The molecule has 0 unspecified atom stereocenters. The second kappa shape index (κ2) is 7.18. The number of carbonyl (C=O) groups is 1. The van der Waals surface area contributed by atoms with E-state index in [9.17, 15) is 25.0 Å². The molecule has 1 N–H and O–H groups in total. The van der Waals surface area contributed by atoms with Crippen molar-refractivity contribution in [3.05, 3.63) is 68.3 Å². The van der Waals surface area contributed by atoms with Crippen molar-refractivity contribution in [2.45, 2.75) is 6.92 Å². The number of nitro benzene ring substituents is 2. The van der Waals surface area contributed by atoms with Crippen LogP contribution < -0.4 is 10.1 Å². The Morgan fingerprint density at radius 1 is 1.12 bits per heavy atom. The zero-order chi connectivity index (χ0) is 17.7. The van der Waals surface area contributed by atoms with Crippen LogP contribution >= 0.6 is 0 Å². The molecule has 9 heteroatoms. The van der Waals surface area contributed by atoms with E-state index < -0.39 is 22.4 Å². The number of nitrogens with one attached hydrogen (secondary N) is 1. The van der Waals surface area contributed by atoms with Gasteiger partial charge in [0.2, 0.25) is 0 Å². The van der Waals surface area contributed by atoms with Gasteiger partial charge in [-0.15, -0.1) is 0 Å². The summed E-state index contributed by atoms with van der Waals surface area (Å²) in [4.78, 5) is 32.3. The fourth-order valence-electron chi connectivity index (χ4n) is 1.93. The van der Waals surface area contributed by atoms with Crippen LogP contribution in [0.4, 0.5) is 17.1 Å². The van der Waals surface area contributed by atoms with E-state index in [-0.39, 0.29) is 22.8 Å². The number of carbonyl (C=O) groups excluding carboxylic acids is 1. The highest BCUT2D eigenvalue weighted by molar-refractivity contribution is 5.92. The second-order valence-electron chi connectivity index (χ2n) is 4.87. The Hall–Kier alpha value is -3.49. The lowest BCUT2D eigenvalue weighted by Gasteiger charge is -2.08. The van der Waals surface area contributed by atoms with E-state index in [1.807, 2.05) is 0 Å². The Morgan fingerprint density at radius 3 is 2.54 bits per heavy atom. The number of aryl methyl sites for hydroxylation is 1. The second-order valence-corrected chi connectivity index (χ2v) is 4.87. The fourth-order valence-corrected chi connectivity index (χ4v) is 1.93. The van der Waals surface area contributed by atoms with Gasteiger partial charge in [0, 0.05) is 23.9 Å². The summed E-state index contributed by atoms with van der Waals surface area (Å²) in [5, 5.41) is 24.1. The Balaban J connectivity index is 2.03. The maximum Gasteiger partial charge on any atom is 0.311 e. The van der Waals surface area contributed by atoms with Gasteiger partial charge in [-0.2, -0.15) is 0 Å². The third-order valence-corrected chi connectivity index (χ3v) is 3.01. The Morgan fingerprint density at radius 2 is 1.88 bits per heavy atom. The quantitative estimate of drug-likeness (QED) is 0.641. The van der Waals surface area contributed by atoms with Crippen molar-refractivity contribution < 1.29 is 19.4 Å². The van der Waals surface area contributed by atoms with Crippen molar-refractivity contribution in [3.8, 4) is 5.75 Å². The maximum atomic E-state index is 11.8. The van der Waals surface area contributed by atoms with Gasteiger partial charge in [-0.05, 0) is 24.6 Å². The smallest absolute Gasteiger partial charge is 0.311 e. The summed E-state index contributed by atoms with van der Waals surface area (Å²) >= 11 is 0. The zero-order valence-electron chi connectivity index (χ0n) is 12.6. The number of ether oxygens (including phenoxy) is 1. The van der Waals surface area contributed by atoms with Crippen molar-refractivity contribution in [2.24, 2.45) is 0 Å². The predicted octanol–water partition coefficient (Wildman–Crippen LogP) is 2.83. The Kier molecular flexibility index (Phi) is 5.05. The standard InChI is InChI=1S/C15H13N3O6/c1-10-5-6-14(13(7-10)18(22)23)24-9-15(19)16-11-3-2-4-12(8-11)17(20)21/h2-8H,9H2,1H3,(H,16,19). The van der Waals surface area contributed by atoms with E-state index >= 15 is 0 Å². The van der Waals surface area contributed by atoms with Gasteiger partial charge in [0.1, 0.15) is 0 Å². The minimum Gasteiger partial charge on any atom is -0.477 e. The molecule has 0 bridgehead atoms. The summed E-state index contributed by atoms with van der Waals surface area (Å²) in [5.41, 5.74) is 0.521. The van der Waals surface area contributed by atoms with Crippen LogP contribution in [0.25, 0.3) is 0 Å². The zero-order valence-corrected chi connectivity index (χ0v) is 12.6. The molecular formula is C15H13N3O6. The first-order valence-electron chi connectivity index (χ1n) is 6.79. The summed E-state index contributed by atoms with van der Waals surface area (Å²) in [6, 6.07) is 9.79. The summed E-state index contributed by atoms with van der Waals surface area (Å²) in [6.07, 6.45) is 0. The molecule has 0 spiro atoms. The van der Waals surface area contributed by atoms with Crippen molar-refractivity contribution in [1.29, 1.82) is 0 Å². The number of anilines is 1. The minimum atomic E-state index is -0.596. The molecule has 1 amide bonds. The molecular weight excluding hydrogens is 318 g/mol. The number of hydrogen-bond donors (Lipinski definition) is 1. The molecule has 0 radical (unpaired) electrons. The molecule has 0 aromatic heterocycles. The molecule has 9 nitrogen and oxygen atoms in total. The molecule has 0 aliphatic carbocycles. The number of hydrogen-bond acceptors (Lipinski definition) is 6. The average molecular weight is 331 g/mol. The van der Waals surface area contributed by atoms with Gasteiger partial charge in [0.15, 0.2) is 12.4 Å². The normalized spacial score (nSPS) is 10.0. The summed E-state index contributed by atoms with van der Waals surface area (Å²) in [5.74, 6) is -0.620. The first-order chi connectivity index (χ1) is 11.4. The van der Waals surface area contributed by atoms with Crippen LogP contribution in [0.3, 0.4) is 0 Å². The third-order valence-electron chi connectivity index (χ3n) is 3.01. The Bertz CT molecular complexity index is 806. The lowest BCUT2D eigenvalue weighted by Crippen LogP contribution is -2.20. The van der Waals surface area contributed by atoms with E-state index in [0.717, 1.165) is 0 Å². The first kappa shape index (κ1) is 16.9. The van der Waals surface area contributed by atoms with Crippen LogP contribution in [-0.4, -0.2) is 22.4 Å². The van der Waals surface area contributed by atoms with E-state index in [0.29, 0.717) is 5.56 Å². The van der Waals surface area contributed by atoms with E-state index in [2.05, 4.69) is 5.32 Å². The van der Waals surface area contributed by atoms with Gasteiger partial charge in [-0.3, -0.25) is 25.0 Å². The first-order valence-corrected chi connectivity index (χ1v) is 6.79. The van der Waals surface area contributed by atoms with Crippen LogP contribution in [-0.2, 0) is 4.79 Å². The highest BCUT2D eigenvalue weighted by Gasteiger charge is 2.16. The van der Waals surface area contributed by atoms with Crippen molar-refractivity contribution >= 4 is 23.0 Å². The van der Waals surface area contributed by atoms with Gasteiger partial charge >= 0.3 is 5.69 Å². The van der Waals surface area contributed by atoms with Crippen LogP contribution in [0.15, 0.2) is 42.5 Å². The highest BCUT2D eigenvalue weighted by atomic mass is 16.6. The highest BCUT2D eigenvalue weighted by Crippen LogP contribution is 2.27. The van der Waals surface area contributed by atoms with Crippen molar-refractivity contribution in [3.63, 3.8) is 0 Å². The monoisotopic (exact) mass is 331 g/mol. The van der Waals surface area contributed by atoms with Gasteiger partial charge in [0.25, 0.3) is 11.6 Å². The number of benzene rings is 2. The van der Waals surface area contributed by atoms with Crippen LogP contribution in [0.1, 0.15) is 5.56 Å². The molecule has 24 heavy (non-hydrogen) atoms. The van der Waals surface area contributed by atoms with Crippen LogP contribution in [0, 0.1) is 27.2 Å². The predicted molar refractivity (Wildman–Crippen MR) is 85.1 cm³/mol. The minimum absolute atomic E-state index is 0.0280. The van der Waals surface area contributed by atoms with Gasteiger partial charge in [0.05, 0.1) is 9.85 Å². The van der Waals surface area contributed by atoms with Crippen molar-refractivity contribution in [2.75, 3.05) is 11.9 Å². The molecule has 2 aromatic carbocycles. The number of nitro groups is 2. The number of non-ortho nitro benzene ring substituents is 1. The summed E-state index contributed by atoms with van der Waals surface area (Å²) < 4.78 is 5.18. The molecule has 0 aliphatic heterocycles. The van der Waals surface area contributed by atoms with Gasteiger partial charge in [-0.1, -0.05) is 12.1 Å². The SMILES string of the molecule is Cc1ccc(OCC(=O)Nc2cccc([N+](=O)[O-])c2)c([N+](=O)[O-])c1. The molecule has 0 heterocycles. The molecule has 0 saturated carbocycles. The number of nitrogens with zero attached hydrogens (tertiary/aromatic N) is 2. The van der Waals surface area contributed by atoms with Gasteiger partial charge in [-0.25, -0.2) is 0 Å². The van der Waals surface area contributed by atoms with Crippen molar-refractivity contribution in [1.82, 2.24) is 0 Å². The average Bonchev–Trinajstić information content (AvgIpc) is 2.53. The molecule has 2 aromatic rings. The molecule has 2 rings (SSSR count).